The highest BCUT2D eigenvalue weighted by Gasteiger charge is 2.27. The van der Waals surface area contributed by atoms with Crippen LogP contribution >= 0.6 is 0 Å². The zero-order chi connectivity index (χ0) is 9.84. The number of nitrogens with zero attached hydrogens (tertiary/aromatic N) is 1. The van der Waals surface area contributed by atoms with Crippen LogP contribution in [0.5, 0.6) is 0 Å². The Balaban J connectivity index is 2.56. The van der Waals surface area contributed by atoms with Crippen LogP contribution in [0.4, 0.5) is 4.39 Å². The number of hydrogen-bond acceptors (Lipinski definition) is 3. The van der Waals surface area contributed by atoms with Gasteiger partial charge in [-0.1, -0.05) is 0 Å². The molecule has 1 heterocycles. The van der Waals surface area contributed by atoms with Crippen LogP contribution in [0.1, 0.15) is 13.8 Å². The molecule has 1 aliphatic rings. The third-order valence-corrected chi connectivity index (χ3v) is 2.33. The molecule has 78 valence electrons. The van der Waals surface area contributed by atoms with Crippen LogP contribution in [0.25, 0.3) is 0 Å². The molecule has 0 amide bonds. The summed E-state index contributed by atoms with van der Waals surface area (Å²) in [6.45, 7) is 5.20. The van der Waals surface area contributed by atoms with Crippen molar-refractivity contribution in [1.29, 1.82) is 0 Å². The summed E-state index contributed by atoms with van der Waals surface area (Å²) < 4.78 is 23.7. The standard InChI is InChI=1S/C9H18FNO2/c1-7(2)11-4-8(12-3)5-13-6-9(11)10/h7-9H,4-6H2,1-3H3. The topological polar surface area (TPSA) is 21.7 Å². The van der Waals surface area contributed by atoms with Gasteiger partial charge in [-0.3, -0.25) is 4.90 Å². The normalized spacial score (nSPS) is 32.1. The largest absolute Gasteiger partial charge is 0.378 e. The Morgan fingerprint density at radius 3 is 2.69 bits per heavy atom. The van der Waals surface area contributed by atoms with E-state index in [1.165, 1.54) is 0 Å². The second-order valence-electron chi connectivity index (χ2n) is 3.62. The Bertz CT molecular complexity index is 155. The first kappa shape index (κ1) is 10.9. The van der Waals surface area contributed by atoms with E-state index >= 15 is 0 Å². The first-order chi connectivity index (χ1) is 6.15. The van der Waals surface area contributed by atoms with Crippen molar-refractivity contribution in [3.05, 3.63) is 0 Å². The summed E-state index contributed by atoms with van der Waals surface area (Å²) in [5.41, 5.74) is 0. The first-order valence-corrected chi connectivity index (χ1v) is 4.65. The lowest BCUT2D eigenvalue weighted by molar-refractivity contribution is 0.0112. The van der Waals surface area contributed by atoms with Gasteiger partial charge in [-0.2, -0.15) is 0 Å². The lowest BCUT2D eigenvalue weighted by atomic mass is 10.2. The van der Waals surface area contributed by atoms with Crippen LogP contribution in [0, 0.1) is 0 Å². The smallest absolute Gasteiger partial charge is 0.177 e. The third kappa shape index (κ3) is 2.90. The van der Waals surface area contributed by atoms with E-state index in [1.807, 2.05) is 13.8 Å². The maximum Gasteiger partial charge on any atom is 0.177 e. The van der Waals surface area contributed by atoms with E-state index in [9.17, 15) is 4.39 Å². The van der Waals surface area contributed by atoms with Crippen LogP contribution in [-0.2, 0) is 9.47 Å². The minimum Gasteiger partial charge on any atom is -0.378 e. The summed E-state index contributed by atoms with van der Waals surface area (Å²) >= 11 is 0. The van der Waals surface area contributed by atoms with E-state index in [0.29, 0.717) is 13.2 Å². The highest BCUT2D eigenvalue weighted by Crippen LogP contribution is 2.13. The molecule has 0 spiro atoms. The molecule has 3 nitrogen and oxygen atoms in total. The fourth-order valence-electron chi connectivity index (χ4n) is 1.47. The SMILES string of the molecule is COC1COCC(F)N(C(C)C)C1. The van der Waals surface area contributed by atoms with Crippen molar-refractivity contribution in [3.63, 3.8) is 0 Å². The zero-order valence-corrected chi connectivity index (χ0v) is 8.50. The van der Waals surface area contributed by atoms with Crippen LogP contribution in [0.3, 0.4) is 0 Å². The minimum absolute atomic E-state index is 0.0110. The molecular weight excluding hydrogens is 173 g/mol. The highest BCUT2D eigenvalue weighted by atomic mass is 19.1. The van der Waals surface area contributed by atoms with Crippen LogP contribution in [-0.4, -0.2) is 50.2 Å². The van der Waals surface area contributed by atoms with Gasteiger partial charge in [-0.15, -0.1) is 0 Å². The summed E-state index contributed by atoms with van der Waals surface area (Å²) in [6, 6.07) is 0.189. The average Bonchev–Trinajstić information content (AvgIpc) is 2.26. The summed E-state index contributed by atoms with van der Waals surface area (Å²) in [5.74, 6) is 0. The van der Waals surface area contributed by atoms with Crippen molar-refractivity contribution in [2.75, 3.05) is 26.9 Å². The van der Waals surface area contributed by atoms with Crippen molar-refractivity contribution in [2.24, 2.45) is 0 Å². The Morgan fingerprint density at radius 1 is 1.46 bits per heavy atom. The maximum absolute atomic E-state index is 13.4. The monoisotopic (exact) mass is 191 g/mol. The zero-order valence-electron chi connectivity index (χ0n) is 8.50. The molecule has 0 radical (unpaired) electrons. The van der Waals surface area contributed by atoms with Gasteiger partial charge in [0, 0.05) is 19.7 Å². The van der Waals surface area contributed by atoms with E-state index in [1.54, 1.807) is 12.0 Å². The van der Waals surface area contributed by atoms with Crippen molar-refractivity contribution in [1.82, 2.24) is 4.90 Å². The molecule has 0 aromatic rings. The molecule has 1 fully saturated rings. The molecule has 0 aromatic heterocycles. The number of ether oxygens (including phenoxy) is 2. The van der Waals surface area contributed by atoms with Crippen LogP contribution < -0.4 is 0 Å². The van der Waals surface area contributed by atoms with Crippen molar-refractivity contribution >= 4 is 0 Å². The number of methoxy groups -OCH3 is 1. The van der Waals surface area contributed by atoms with Crippen molar-refractivity contribution in [3.8, 4) is 0 Å². The maximum atomic E-state index is 13.4. The summed E-state index contributed by atoms with van der Waals surface area (Å²) in [5, 5.41) is 0. The number of rotatable bonds is 2. The van der Waals surface area contributed by atoms with E-state index in [2.05, 4.69) is 0 Å². The van der Waals surface area contributed by atoms with E-state index in [4.69, 9.17) is 9.47 Å². The molecule has 1 aliphatic heterocycles. The highest BCUT2D eigenvalue weighted by molar-refractivity contribution is 4.74. The molecule has 0 aliphatic carbocycles. The lowest BCUT2D eigenvalue weighted by Gasteiger charge is -2.28. The van der Waals surface area contributed by atoms with Gasteiger partial charge in [0.2, 0.25) is 0 Å². The minimum atomic E-state index is -1.000. The molecular formula is C9H18FNO2. The molecule has 0 aromatic carbocycles. The fourth-order valence-corrected chi connectivity index (χ4v) is 1.47. The number of halogens is 1. The summed E-state index contributed by atoms with van der Waals surface area (Å²) in [4.78, 5) is 1.77. The Labute approximate surface area is 78.8 Å². The molecule has 4 heteroatoms. The van der Waals surface area contributed by atoms with Gasteiger partial charge in [0.05, 0.1) is 19.3 Å². The second kappa shape index (κ2) is 4.88. The van der Waals surface area contributed by atoms with Gasteiger partial charge in [0.1, 0.15) is 0 Å². The molecule has 2 atom stereocenters. The quantitative estimate of drug-likeness (QED) is 0.609. The van der Waals surface area contributed by atoms with Crippen LogP contribution in [0.2, 0.25) is 0 Å². The second-order valence-corrected chi connectivity index (χ2v) is 3.62. The molecule has 1 rings (SSSR count). The van der Waals surface area contributed by atoms with Gasteiger partial charge >= 0.3 is 0 Å². The van der Waals surface area contributed by atoms with Gasteiger partial charge in [0.25, 0.3) is 0 Å². The molecule has 2 unspecified atom stereocenters. The average molecular weight is 191 g/mol. The Kier molecular flexibility index (Phi) is 4.09. The van der Waals surface area contributed by atoms with Crippen LogP contribution in [0.15, 0.2) is 0 Å². The number of alkyl halides is 1. The van der Waals surface area contributed by atoms with Crippen molar-refractivity contribution in [2.45, 2.75) is 32.3 Å². The number of hydrogen-bond donors (Lipinski definition) is 0. The van der Waals surface area contributed by atoms with Gasteiger partial charge in [-0.05, 0) is 13.8 Å². The van der Waals surface area contributed by atoms with E-state index in [0.717, 1.165) is 0 Å². The predicted octanol–water partition coefficient (Wildman–Crippen LogP) is 1.04. The van der Waals surface area contributed by atoms with Gasteiger partial charge in [-0.25, -0.2) is 4.39 Å². The van der Waals surface area contributed by atoms with Gasteiger partial charge in [0.15, 0.2) is 6.30 Å². The molecule has 13 heavy (non-hydrogen) atoms. The Morgan fingerprint density at radius 2 is 2.15 bits per heavy atom. The molecule has 0 saturated carbocycles. The summed E-state index contributed by atoms with van der Waals surface area (Å²) in [6.07, 6.45) is -1.01. The lowest BCUT2D eigenvalue weighted by Crippen LogP contribution is -2.42. The third-order valence-electron chi connectivity index (χ3n) is 2.33. The molecule has 1 saturated heterocycles. The summed E-state index contributed by atoms with van der Waals surface area (Å²) in [7, 11) is 1.63. The first-order valence-electron chi connectivity index (χ1n) is 4.65. The van der Waals surface area contributed by atoms with E-state index in [-0.39, 0.29) is 18.8 Å². The van der Waals surface area contributed by atoms with Gasteiger partial charge < -0.3 is 9.47 Å². The molecule has 0 N–H and O–H groups in total. The Hall–Kier alpha value is -0.190. The predicted molar refractivity (Wildman–Crippen MR) is 48.4 cm³/mol. The van der Waals surface area contributed by atoms with E-state index < -0.39 is 6.30 Å². The fraction of sp³-hybridized carbons (Fsp3) is 1.00. The molecule has 0 bridgehead atoms. The van der Waals surface area contributed by atoms with Crippen molar-refractivity contribution < 1.29 is 13.9 Å².